The van der Waals surface area contributed by atoms with Crippen molar-refractivity contribution in [2.24, 2.45) is 0 Å². The highest BCUT2D eigenvalue weighted by atomic mass is 32.2. The molecule has 0 bridgehead atoms. The van der Waals surface area contributed by atoms with Gasteiger partial charge in [0, 0.05) is 6.20 Å². The van der Waals surface area contributed by atoms with Crippen LogP contribution < -0.4 is 4.72 Å². The van der Waals surface area contributed by atoms with Gasteiger partial charge in [0.15, 0.2) is 0 Å². The summed E-state index contributed by atoms with van der Waals surface area (Å²) in [7, 11) is -3.75. The van der Waals surface area contributed by atoms with Crippen LogP contribution in [0.1, 0.15) is 21.5 Å². The Bertz CT molecular complexity index is 783. The van der Waals surface area contributed by atoms with Crippen molar-refractivity contribution in [2.75, 3.05) is 4.72 Å². The van der Waals surface area contributed by atoms with Gasteiger partial charge in [-0.15, -0.1) is 0 Å². The molecule has 0 aliphatic rings. The molecule has 2 rings (SSSR count). The highest BCUT2D eigenvalue weighted by Gasteiger charge is 2.17. The van der Waals surface area contributed by atoms with Gasteiger partial charge in [-0.05, 0) is 37.6 Å². The number of aryl methyl sites for hydroxylation is 2. The van der Waals surface area contributed by atoms with Crippen molar-refractivity contribution in [3.8, 4) is 0 Å². The van der Waals surface area contributed by atoms with Crippen molar-refractivity contribution in [3.05, 3.63) is 53.2 Å². The third kappa shape index (κ3) is 3.38. The highest BCUT2D eigenvalue weighted by molar-refractivity contribution is 7.92. The van der Waals surface area contributed by atoms with Gasteiger partial charge in [-0.3, -0.25) is 4.72 Å². The fourth-order valence-electron chi connectivity index (χ4n) is 1.87. The van der Waals surface area contributed by atoms with Gasteiger partial charge in [-0.1, -0.05) is 17.7 Å². The topological polar surface area (TPSA) is 96.4 Å². The minimum atomic E-state index is -3.75. The molecule has 0 amide bonds. The number of sulfonamides is 1. The maximum atomic E-state index is 12.3. The van der Waals surface area contributed by atoms with Crippen LogP contribution in [0.25, 0.3) is 0 Å². The predicted octanol–water partition coefficient (Wildman–Crippen LogP) is 2.20. The number of pyridine rings is 1. The lowest BCUT2D eigenvalue weighted by molar-refractivity contribution is 0.0696. The summed E-state index contributed by atoms with van der Waals surface area (Å²) in [5, 5.41) is 8.77. The number of carbonyl (C=O) groups is 1. The van der Waals surface area contributed by atoms with E-state index >= 15 is 0 Å². The largest absolute Gasteiger partial charge is 0.478 e. The number of anilines is 1. The molecule has 0 saturated heterocycles. The van der Waals surface area contributed by atoms with Crippen molar-refractivity contribution in [2.45, 2.75) is 18.7 Å². The van der Waals surface area contributed by atoms with Crippen molar-refractivity contribution in [1.29, 1.82) is 0 Å². The van der Waals surface area contributed by atoms with E-state index in [4.69, 9.17) is 5.11 Å². The Morgan fingerprint density at radius 2 is 1.90 bits per heavy atom. The molecule has 110 valence electrons. The van der Waals surface area contributed by atoms with E-state index in [1.807, 2.05) is 6.92 Å². The van der Waals surface area contributed by atoms with Crippen LogP contribution >= 0.6 is 0 Å². The molecule has 1 aromatic heterocycles. The molecule has 7 heteroatoms. The number of hydrogen-bond acceptors (Lipinski definition) is 4. The van der Waals surface area contributed by atoms with Gasteiger partial charge < -0.3 is 5.11 Å². The fourth-order valence-corrected chi connectivity index (χ4v) is 3.11. The fraction of sp³-hybridized carbons (Fsp3) is 0.143. The summed E-state index contributed by atoms with van der Waals surface area (Å²) in [6, 6.07) is 7.61. The van der Waals surface area contributed by atoms with Crippen molar-refractivity contribution in [3.63, 3.8) is 0 Å². The first-order valence-electron chi connectivity index (χ1n) is 6.09. The normalized spacial score (nSPS) is 11.1. The molecule has 0 spiro atoms. The smallest absolute Gasteiger partial charge is 0.337 e. The van der Waals surface area contributed by atoms with E-state index in [9.17, 15) is 13.2 Å². The summed E-state index contributed by atoms with van der Waals surface area (Å²) in [4.78, 5) is 14.7. The standard InChI is InChI=1S/C14H14N2O4S/c1-9-3-5-12(10(2)7-9)21(19,20)16-13-6-4-11(8-15-13)14(17)18/h3-8H,1-2H3,(H,15,16)(H,17,18). The van der Waals surface area contributed by atoms with E-state index in [1.165, 1.54) is 18.2 Å². The Morgan fingerprint density at radius 1 is 1.19 bits per heavy atom. The lowest BCUT2D eigenvalue weighted by Crippen LogP contribution is -2.15. The first-order chi connectivity index (χ1) is 9.79. The number of carboxylic acid groups (broad SMARTS) is 1. The lowest BCUT2D eigenvalue weighted by Gasteiger charge is -2.10. The maximum Gasteiger partial charge on any atom is 0.337 e. The Morgan fingerprint density at radius 3 is 2.43 bits per heavy atom. The van der Waals surface area contributed by atoms with Crippen LogP contribution in [0.2, 0.25) is 0 Å². The monoisotopic (exact) mass is 306 g/mol. The molecule has 0 atom stereocenters. The molecule has 0 unspecified atom stereocenters. The summed E-state index contributed by atoms with van der Waals surface area (Å²) in [5.74, 6) is -1.05. The number of rotatable bonds is 4. The Kier molecular flexibility index (Phi) is 3.95. The highest BCUT2D eigenvalue weighted by Crippen LogP contribution is 2.19. The van der Waals surface area contributed by atoms with Gasteiger partial charge in [-0.2, -0.15) is 0 Å². The number of benzene rings is 1. The second kappa shape index (κ2) is 5.53. The predicted molar refractivity (Wildman–Crippen MR) is 77.9 cm³/mol. The van der Waals surface area contributed by atoms with Crippen LogP contribution in [-0.2, 0) is 10.0 Å². The molecule has 2 aromatic rings. The zero-order chi connectivity index (χ0) is 15.6. The molecule has 21 heavy (non-hydrogen) atoms. The molecule has 0 aliphatic carbocycles. The van der Waals surface area contributed by atoms with E-state index in [2.05, 4.69) is 9.71 Å². The van der Waals surface area contributed by atoms with E-state index in [-0.39, 0.29) is 16.3 Å². The average Bonchev–Trinajstić information content (AvgIpc) is 2.38. The lowest BCUT2D eigenvalue weighted by atomic mass is 10.2. The number of aromatic carboxylic acids is 1. The minimum Gasteiger partial charge on any atom is -0.478 e. The molecule has 0 saturated carbocycles. The molecular weight excluding hydrogens is 292 g/mol. The summed E-state index contributed by atoms with van der Waals surface area (Å²) in [6.45, 7) is 3.59. The zero-order valence-electron chi connectivity index (χ0n) is 11.5. The van der Waals surface area contributed by atoms with Gasteiger partial charge >= 0.3 is 5.97 Å². The van der Waals surface area contributed by atoms with Crippen LogP contribution in [-0.4, -0.2) is 24.5 Å². The first kappa shape index (κ1) is 15.0. The first-order valence-corrected chi connectivity index (χ1v) is 7.57. The van der Waals surface area contributed by atoms with E-state index < -0.39 is 16.0 Å². The summed E-state index contributed by atoms with van der Waals surface area (Å²) in [6.07, 6.45) is 1.10. The number of nitrogens with zero attached hydrogens (tertiary/aromatic N) is 1. The number of hydrogen-bond donors (Lipinski definition) is 2. The van der Waals surface area contributed by atoms with E-state index in [0.717, 1.165) is 11.8 Å². The molecule has 0 aliphatic heterocycles. The summed E-state index contributed by atoms with van der Waals surface area (Å²) < 4.78 is 26.9. The van der Waals surface area contributed by atoms with E-state index in [1.54, 1.807) is 19.1 Å². The van der Waals surface area contributed by atoms with Gasteiger partial charge in [0.1, 0.15) is 5.82 Å². The van der Waals surface area contributed by atoms with Crippen LogP contribution in [0.15, 0.2) is 41.4 Å². The molecule has 2 N–H and O–H groups in total. The molecule has 6 nitrogen and oxygen atoms in total. The van der Waals surface area contributed by atoms with Crippen molar-refractivity contribution < 1.29 is 18.3 Å². The van der Waals surface area contributed by atoms with Crippen LogP contribution in [0, 0.1) is 13.8 Å². The quantitative estimate of drug-likeness (QED) is 0.902. The number of carboxylic acids is 1. The third-order valence-electron chi connectivity index (χ3n) is 2.87. The van der Waals surface area contributed by atoms with Gasteiger partial charge in [-0.25, -0.2) is 18.2 Å². The van der Waals surface area contributed by atoms with E-state index in [0.29, 0.717) is 5.56 Å². The average molecular weight is 306 g/mol. The summed E-state index contributed by atoms with van der Waals surface area (Å²) in [5.41, 5.74) is 1.59. The third-order valence-corrected chi connectivity index (χ3v) is 4.38. The van der Waals surface area contributed by atoms with Crippen molar-refractivity contribution >= 4 is 21.8 Å². The Labute approximate surface area is 122 Å². The summed E-state index contributed by atoms with van der Waals surface area (Å²) >= 11 is 0. The van der Waals surface area contributed by atoms with Crippen LogP contribution in [0.4, 0.5) is 5.82 Å². The van der Waals surface area contributed by atoms with Gasteiger partial charge in [0.25, 0.3) is 10.0 Å². The van der Waals surface area contributed by atoms with Crippen LogP contribution in [0.5, 0.6) is 0 Å². The molecule has 1 heterocycles. The second-order valence-electron chi connectivity index (χ2n) is 4.61. The SMILES string of the molecule is Cc1ccc(S(=O)(=O)Nc2ccc(C(=O)O)cn2)c(C)c1. The molecule has 1 aromatic carbocycles. The number of nitrogens with one attached hydrogen (secondary N) is 1. The Balaban J connectivity index is 2.30. The van der Waals surface area contributed by atoms with Gasteiger partial charge in [0.05, 0.1) is 10.5 Å². The minimum absolute atomic E-state index is 0.00976. The Hall–Kier alpha value is -2.41. The van der Waals surface area contributed by atoms with Gasteiger partial charge in [0.2, 0.25) is 0 Å². The zero-order valence-corrected chi connectivity index (χ0v) is 12.3. The second-order valence-corrected chi connectivity index (χ2v) is 6.26. The molecule has 0 fully saturated rings. The molecule has 0 radical (unpaired) electrons. The van der Waals surface area contributed by atoms with Crippen LogP contribution in [0.3, 0.4) is 0 Å². The maximum absolute atomic E-state index is 12.3. The molecular formula is C14H14N2O4S. The van der Waals surface area contributed by atoms with Crippen molar-refractivity contribution in [1.82, 2.24) is 4.98 Å². The number of aromatic nitrogens is 1.